The molecule has 1 atom stereocenters. The summed E-state index contributed by atoms with van der Waals surface area (Å²) in [4.78, 5) is 19.4. The van der Waals surface area contributed by atoms with Gasteiger partial charge in [-0.3, -0.25) is 4.79 Å². The van der Waals surface area contributed by atoms with E-state index >= 15 is 0 Å². The Balaban J connectivity index is 2.51. The van der Waals surface area contributed by atoms with Gasteiger partial charge in [-0.25, -0.2) is 9.97 Å². The molecular weight excluding hydrogens is 222 g/mol. The third kappa shape index (κ3) is 1.57. The molecule has 2 heterocycles. The van der Waals surface area contributed by atoms with Crippen molar-refractivity contribution in [3.8, 4) is 0 Å². The Bertz CT molecular complexity index is 410. The maximum absolute atomic E-state index is 11.4. The number of aromatic nitrogens is 2. The Hall–Kier alpha value is -0.810. The van der Waals surface area contributed by atoms with Crippen molar-refractivity contribution in [1.82, 2.24) is 9.97 Å². The minimum absolute atomic E-state index is 0.0171. The molecule has 1 aliphatic rings. The van der Waals surface area contributed by atoms with Gasteiger partial charge in [0.05, 0.1) is 16.6 Å². The van der Waals surface area contributed by atoms with Crippen molar-refractivity contribution < 1.29 is 4.79 Å². The van der Waals surface area contributed by atoms with Gasteiger partial charge in [0.1, 0.15) is 5.03 Å². The van der Waals surface area contributed by atoms with Crippen LogP contribution in [0, 0.1) is 6.92 Å². The number of amides is 1. The lowest BCUT2D eigenvalue weighted by atomic mass is 10.3. The topological polar surface area (TPSA) is 54.9 Å². The Morgan fingerprint density at radius 1 is 1.50 bits per heavy atom. The zero-order valence-electron chi connectivity index (χ0n) is 7.67. The summed E-state index contributed by atoms with van der Waals surface area (Å²) >= 11 is 7.12. The summed E-state index contributed by atoms with van der Waals surface area (Å²) < 4.78 is 0. The molecule has 1 aromatic heterocycles. The molecule has 1 aliphatic heterocycles. The van der Waals surface area contributed by atoms with E-state index in [-0.39, 0.29) is 16.4 Å². The predicted molar refractivity (Wildman–Crippen MR) is 55.7 cm³/mol. The first-order chi connectivity index (χ1) is 6.58. The number of nitrogens with zero attached hydrogens (tertiary/aromatic N) is 2. The zero-order chi connectivity index (χ0) is 10.3. The molecule has 6 heteroatoms. The summed E-state index contributed by atoms with van der Waals surface area (Å²) in [5.41, 5.74) is 1.38. The molecule has 0 aromatic carbocycles. The summed E-state index contributed by atoms with van der Waals surface area (Å²) in [5.74, 6) is -0.0171. The van der Waals surface area contributed by atoms with Crippen LogP contribution in [0.25, 0.3) is 0 Å². The fourth-order valence-electron chi connectivity index (χ4n) is 1.19. The first-order valence-electron chi connectivity index (χ1n) is 4.09. The Morgan fingerprint density at radius 3 is 2.93 bits per heavy atom. The number of hydrogen-bond donors (Lipinski definition) is 1. The average molecular weight is 230 g/mol. The second-order valence-corrected chi connectivity index (χ2v) is 4.68. The van der Waals surface area contributed by atoms with E-state index in [1.165, 1.54) is 11.8 Å². The molecule has 1 amide bonds. The molecule has 4 nitrogen and oxygen atoms in total. The summed E-state index contributed by atoms with van der Waals surface area (Å²) in [5, 5.41) is 3.59. The largest absolute Gasteiger partial charge is 0.321 e. The van der Waals surface area contributed by atoms with Gasteiger partial charge in [0.2, 0.25) is 11.2 Å². The summed E-state index contributed by atoms with van der Waals surface area (Å²) in [6.07, 6.45) is 0. The zero-order valence-corrected chi connectivity index (χ0v) is 9.24. The quantitative estimate of drug-likeness (QED) is 0.545. The van der Waals surface area contributed by atoms with E-state index < -0.39 is 0 Å². The normalized spacial score (nSPS) is 20.2. The predicted octanol–water partition coefficient (Wildman–Crippen LogP) is 1.87. The van der Waals surface area contributed by atoms with Crippen LogP contribution < -0.4 is 5.32 Å². The highest BCUT2D eigenvalue weighted by Crippen LogP contribution is 2.35. The van der Waals surface area contributed by atoms with Gasteiger partial charge in [-0.1, -0.05) is 11.8 Å². The van der Waals surface area contributed by atoms with E-state index in [9.17, 15) is 4.79 Å². The van der Waals surface area contributed by atoms with Crippen molar-refractivity contribution in [2.45, 2.75) is 24.1 Å². The van der Waals surface area contributed by atoms with E-state index in [1.807, 2.05) is 6.92 Å². The van der Waals surface area contributed by atoms with Crippen LogP contribution in [0.15, 0.2) is 5.03 Å². The average Bonchev–Trinajstić information content (AvgIpc) is 2.08. The van der Waals surface area contributed by atoms with Crippen LogP contribution in [0.4, 0.5) is 5.69 Å². The smallest absolute Gasteiger partial charge is 0.237 e. The highest BCUT2D eigenvalue weighted by atomic mass is 35.5. The second kappa shape index (κ2) is 3.40. The van der Waals surface area contributed by atoms with Crippen LogP contribution >= 0.6 is 23.4 Å². The Labute approximate surface area is 90.5 Å². The third-order valence-corrected chi connectivity index (χ3v) is 3.19. The van der Waals surface area contributed by atoms with Crippen LogP contribution in [0.5, 0.6) is 0 Å². The molecule has 2 rings (SSSR count). The van der Waals surface area contributed by atoms with E-state index in [0.717, 1.165) is 5.03 Å². The highest BCUT2D eigenvalue weighted by molar-refractivity contribution is 8.00. The lowest BCUT2D eigenvalue weighted by Crippen LogP contribution is -2.27. The van der Waals surface area contributed by atoms with Crippen molar-refractivity contribution in [1.29, 1.82) is 0 Å². The summed E-state index contributed by atoms with van der Waals surface area (Å²) in [6.45, 7) is 3.62. The molecule has 0 spiro atoms. The maximum atomic E-state index is 11.4. The Morgan fingerprint density at radius 2 is 2.21 bits per heavy atom. The number of nitrogens with one attached hydrogen (secondary N) is 1. The van der Waals surface area contributed by atoms with Crippen molar-refractivity contribution in [3.05, 3.63) is 11.0 Å². The number of rotatable bonds is 0. The molecule has 14 heavy (non-hydrogen) atoms. The molecular formula is C8H8ClN3OS. The number of fused-ring (bicyclic) bond motifs is 1. The van der Waals surface area contributed by atoms with Crippen LogP contribution in [0.1, 0.15) is 12.6 Å². The van der Waals surface area contributed by atoms with Gasteiger partial charge in [-0.15, -0.1) is 0 Å². The first kappa shape index (κ1) is 9.73. The van der Waals surface area contributed by atoms with Crippen LogP contribution in [0.2, 0.25) is 5.28 Å². The number of hydrogen-bond acceptors (Lipinski definition) is 4. The number of carbonyl (C=O) groups is 1. The van der Waals surface area contributed by atoms with E-state index in [0.29, 0.717) is 11.4 Å². The lowest BCUT2D eigenvalue weighted by Gasteiger charge is -2.21. The molecule has 0 radical (unpaired) electrons. The SMILES string of the molecule is Cc1nc(Cl)nc2c1NC(=O)C(C)S2. The van der Waals surface area contributed by atoms with Crippen molar-refractivity contribution in [2.24, 2.45) is 0 Å². The minimum atomic E-state index is -0.132. The van der Waals surface area contributed by atoms with Gasteiger partial charge in [0, 0.05) is 0 Å². The number of halogens is 1. The highest BCUT2D eigenvalue weighted by Gasteiger charge is 2.26. The maximum Gasteiger partial charge on any atom is 0.237 e. The summed E-state index contributed by atoms with van der Waals surface area (Å²) in [6, 6.07) is 0. The number of carbonyl (C=O) groups excluding carboxylic acids is 1. The van der Waals surface area contributed by atoms with E-state index in [1.54, 1.807) is 6.92 Å². The van der Waals surface area contributed by atoms with Crippen molar-refractivity contribution in [3.63, 3.8) is 0 Å². The first-order valence-corrected chi connectivity index (χ1v) is 5.35. The Kier molecular flexibility index (Phi) is 2.36. The molecule has 0 saturated carbocycles. The fourth-order valence-corrected chi connectivity index (χ4v) is 2.41. The van der Waals surface area contributed by atoms with E-state index in [2.05, 4.69) is 15.3 Å². The van der Waals surface area contributed by atoms with Crippen LogP contribution in [-0.2, 0) is 4.79 Å². The lowest BCUT2D eigenvalue weighted by molar-refractivity contribution is -0.115. The van der Waals surface area contributed by atoms with Gasteiger partial charge >= 0.3 is 0 Å². The monoisotopic (exact) mass is 229 g/mol. The van der Waals surface area contributed by atoms with Crippen molar-refractivity contribution >= 4 is 35.0 Å². The van der Waals surface area contributed by atoms with Crippen LogP contribution in [0.3, 0.4) is 0 Å². The molecule has 0 bridgehead atoms. The number of aryl methyl sites for hydroxylation is 1. The van der Waals surface area contributed by atoms with E-state index in [4.69, 9.17) is 11.6 Å². The van der Waals surface area contributed by atoms with Gasteiger partial charge in [-0.05, 0) is 25.4 Å². The summed E-state index contributed by atoms with van der Waals surface area (Å²) in [7, 11) is 0. The number of anilines is 1. The molecule has 74 valence electrons. The minimum Gasteiger partial charge on any atom is -0.321 e. The molecule has 0 fully saturated rings. The fraction of sp³-hybridized carbons (Fsp3) is 0.375. The standard InChI is InChI=1S/C8H8ClN3OS/c1-3-5-7(12-8(9)10-3)14-4(2)6(13)11-5/h4H,1-2H3,(H,11,13). The van der Waals surface area contributed by atoms with Gasteiger partial charge in [-0.2, -0.15) is 0 Å². The molecule has 1 N–H and O–H groups in total. The molecule has 1 unspecified atom stereocenters. The van der Waals surface area contributed by atoms with Gasteiger partial charge < -0.3 is 5.32 Å². The second-order valence-electron chi connectivity index (χ2n) is 3.01. The third-order valence-electron chi connectivity index (χ3n) is 1.94. The van der Waals surface area contributed by atoms with Gasteiger partial charge in [0.15, 0.2) is 0 Å². The molecule has 0 aliphatic carbocycles. The van der Waals surface area contributed by atoms with Crippen molar-refractivity contribution in [2.75, 3.05) is 5.32 Å². The molecule has 1 aromatic rings. The van der Waals surface area contributed by atoms with Crippen LogP contribution in [-0.4, -0.2) is 21.1 Å². The number of thioether (sulfide) groups is 1. The van der Waals surface area contributed by atoms with Gasteiger partial charge in [0.25, 0.3) is 0 Å². The molecule has 0 saturated heterocycles.